The molecule has 112 valence electrons. The Morgan fingerprint density at radius 1 is 1.45 bits per heavy atom. The SMILES string of the molecule is Nc1ccc(NCC(O)C(F)(F)F)nc1OCC1CC1. The average Bonchev–Trinajstić information content (AvgIpc) is 3.18. The zero-order valence-electron chi connectivity index (χ0n) is 10.7. The number of nitrogens with zero attached hydrogens (tertiary/aromatic N) is 1. The summed E-state index contributed by atoms with van der Waals surface area (Å²) in [6.07, 6.45) is -4.89. The quantitative estimate of drug-likeness (QED) is 0.744. The molecule has 1 fully saturated rings. The molecule has 0 bridgehead atoms. The van der Waals surface area contributed by atoms with Crippen LogP contribution in [-0.4, -0.2) is 35.5 Å². The zero-order valence-corrected chi connectivity index (χ0v) is 10.7. The van der Waals surface area contributed by atoms with Gasteiger partial charge in [-0.15, -0.1) is 0 Å². The van der Waals surface area contributed by atoms with Crippen LogP contribution in [0.3, 0.4) is 0 Å². The highest BCUT2D eigenvalue weighted by atomic mass is 19.4. The van der Waals surface area contributed by atoms with Crippen molar-refractivity contribution < 1.29 is 23.0 Å². The van der Waals surface area contributed by atoms with E-state index in [2.05, 4.69) is 10.3 Å². The maximum atomic E-state index is 12.2. The summed E-state index contributed by atoms with van der Waals surface area (Å²) in [5.74, 6) is 0.886. The molecule has 1 aromatic rings. The fraction of sp³-hybridized carbons (Fsp3) is 0.583. The standard InChI is InChI=1S/C12H16F3N3O2/c13-12(14,15)9(19)5-17-10-4-3-8(16)11(18-10)20-6-7-1-2-7/h3-4,7,9,19H,1-2,5-6,16H2,(H,17,18). The van der Waals surface area contributed by atoms with Gasteiger partial charge in [-0.3, -0.25) is 0 Å². The first-order valence-electron chi connectivity index (χ1n) is 6.24. The molecule has 4 N–H and O–H groups in total. The van der Waals surface area contributed by atoms with Crippen LogP contribution in [0, 0.1) is 5.92 Å². The molecule has 0 aromatic carbocycles. The van der Waals surface area contributed by atoms with E-state index in [0.717, 1.165) is 12.8 Å². The van der Waals surface area contributed by atoms with Gasteiger partial charge in [0.25, 0.3) is 0 Å². The van der Waals surface area contributed by atoms with Crippen LogP contribution in [0.1, 0.15) is 12.8 Å². The maximum absolute atomic E-state index is 12.2. The normalized spacial score (nSPS) is 16.8. The molecule has 2 rings (SSSR count). The number of pyridine rings is 1. The van der Waals surface area contributed by atoms with E-state index in [-0.39, 0.29) is 11.7 Å². The van der Waals surface area contributed by atoms with E-state index >= 15 is 0 Å². The predicted octanol–water partition coefficient (Wildman–Crippen LogP) is 1.79. The summed E-state index contributed by atoms with van der Waals surface area (Å²) in [4.78, 5) is 3.99. The summed E-state index contributed by atoms with van der Waals surface area (Å²) in [7, 11) is 0. The van der Waals surface area contributed by atoms with Gasteiger partial charge in [0, 0.05) is 0 Å². The minimum atomic E-state index is -4.66. The number of rotatable bonds is 6. The van der Waals surface area contributed by atoms with Crippen LogP contribution >= 0.6 is 0 Å². The van der Waals surface area contributed by atoms with Crippen molar-refractivity contribution in [1.82, 2.24) is 4.98 Å². The van der Waals surface area contributed by atoms with Crippen LogP contribution in [0.25, 0.3) is 0 Å². The summed E-state index contributed by atoms with van der Waals surface area (Å²) in [6, 6.07) is 2.93. The Bertz CT molecular complexity index is 464. The molecule has 1 unspecified atom stereocenters. The predicted molar refractivity (Wildman–Crippen MR) is 67.4 cm³/mol. The topological polar surface area (TPSA) is 80.4 Å². The third-order valence-electron chi connectivity index (χ3n) is 2.90. The molecule has 1 atom stereocenters. The molecule has 0 spiro atoms. The molecule has 0 saturated heterocycles. The molecular formula is C12H16F3N3O2. The number of halogens is 3. The Balaban J connectivity index is 1.92. The van der Waals surface area contributed by atoms with Gasteiger partial charge in [-0.25, -0.2) is 0 Å². The monoisotopic (exact) mass is 291 g/mol. The van der Waals surface area contributed by atoms with Crippen LogP contribution in [0.2, 0.25) is 0 Å². The Kier molecular flexibility index (Phi) is 4.22. The average molecular weight is 291 g/mol. The van der Waals surface area contributed by atoms with Crippen molar-refractivity contribution in [3.8, 4) is 5.88 Å². The van der Waals surface area contributed by atoms with Crippen LogP contribution in [0.4, 0.5) is 24.7 Å². The Morgan fingerprint density at radius 3 is 2.75 bits per heavy atom. The minimum absolute atomic E-state index is 0.174. The lowest BCUT2D eigenvalue weighted by atomic mass is 10.3. The van der Waals surface area contributed by atoms with Gasteiger partial charge >= 0.3 is 6.18 Å². The summed E-state index contributed by atoms with van der Waals surface area (Å²) in [5.41, 5.74) is 6.00. The van der Waals surface area contributed by atoms with E-state index in [1.165, 1.54) is 12.1 Å². The van der Waals surface area contributed by atoms with Crippen molar-refractivity contribution in [2.75, 3.05) is 24.2 Å². The second kappa shape index (κ2) is 5.74. The van der Waals surface area contributed by atoms with Gasteiger partial charge in [0.2, 0.25) is 5.88 Å². The van der Waals surface area contributed by atoms with Gasteiger partial charge in [-0.1, -0.05) is 0 Å². The van der Waals surface area contributed by atoms with Crippen molar-refractivity contribution in [3.05, 3.63) is 12.1 Å². The van der Waals surface area contributed by atoms with E-state index in [0.29, 0.717) is 18.2 Å². The fourth-order valence-electron chi connectivity index (χ4n) is 1.46. The van der Waals surface area contributed by atoms with Crippen molar-refractivity contribution >= 4 is 11.5 Å². The number of nitrogens with two attached hydrogens (primary N) is 1. The van der Waals surface area contributed by atoms with Crippen LogP contribution in [0.15, 0.2) is 12.1 Å². The molecule has 20 heavy (non-hydrogen) atoms. The molecule has 1 aliphatic rings. The maximum Gasteiger partial charge on any atom is 0.416 e. The van der Waals surface area contributed by atoms with Crippen LogP contribution in [0.5, 0.6) is 5.88 Å². The molecule has 1 saturated carbocycles. The first-order valence-corrected chi connectivity index (χ1v) is 6.24. The number of aromatic nitrogens is 1. The summed E-state index contributed by atoms with van der Waals surface area (Å²) in [5, 5.41) is 11.3. The number of nitrogen functional groups attached to an aromatic ring is 1. The van der Waals surface area contributed by atoms with E-state index in [1.807, 2.05) is 0 Å². The highest BCUT2D eigenvalue weighted by molar-refractivity contribution is 5.53. The van der Waals surface area contributed by atoms with E-state index in [1.54, 1.807) is 0 Å². The molecular weight excluding hydrogens is 275 g/mol. The van der Waals surface area contributed by atoms with Gasteiger partial charge in [-0.2, -0.15) is 18.2 Å². The number of nitrogens with one attached hydrogen (secondary N) is 1. The van der Waals surface area contributed by atoms with Gasteiger partial charge in [0.15, 0.2) is 6.10 Å². The van der Waals surface area contributed by atoms with Crippen molar-refractivity contribution in [1.29, 1.82) is 0 Å². The van der Waals surface area contributed by atoms with E-state index < -0.39 is 18.8 Å². The third-order valence-corrected chi connectivity index (χ3v) is 2.90. The van der Waals surface area contributed by atoms with E-state index in [9.17, 15) is 13.2 Å². The van der Waals surface area contributed by atoms with Gasteiger partial charge < -0.3 is 20.9 Å². The Hall–Kier alpha value is -1.70. The summed E-state index contributed by atoms with van der Waals surface area (Å²) < 4.78 is 41.9. The molecule has 1 aliphatic carbocycles. The molecule has 8 heteroatoms. The number of ether oxygens (including phenoxy) is 1. The summed E-state index contributed by atoms with van der Waals surface area (Å²) >= 11 is 0. The number of aliphatic hydroxyl groups is 1. The first kappa shape index (κ1) is 14.7. The smallest absolute Gasteiger partial charge is 0.416 e. The largest absolute Gasteiger partial charge is 0.476 e. The first-order chi connectivity index (χ1) is 9.36. The van der Waals surface area contributed by atoms with Crippen molar-refractivity contribution in [2.24, 2.45) is 5.92 Å². The number of anilines is 2. The highest BCUT2D eigenvalue weighted by Gasteiger charge is 2.37. The number of alkyl halides is 3. The second-order valence-electron chi connectivity index (χ2n) is 4.78. The van der Waals surface area contributed by atoms with Crippen LogP contribution in [-0.2, 0) is 0 Å². The molecule has 5 nitrogen and oxygen atoms in total. The lowest BCUT2D eigenvalue weighted by molar-refractivity contribution is -0.198. The number of aliphatic hydroxyl groups excluding tert-OH is 1. The van der Waals surface area contributed by atoms with Gasteiger partial charge in [-0.05, 0) is 30.9 Å². The molecule has 1 heterocycles. The van der Waals surface area contributed by atoms with Crippen LogP contribution < -0.4 is 15.8 Å². The second-order valence-corrected chi connectivity index (χ2v) is 4.78. The Labute approximate surface area is 113 Å². The molecule has 1 aromatic heterocycles. The van der Waals surface area contributed by atoms with Crippen molar-refractivity contribution in [2.45, 2.75) is 25.1 Å². The Morgan fingerprint density at radius 2 is 2.15 bits per heavy atom. The zero-order chi connectivity index (χ0) is 14.8. The fourth-order valence-corrected chi connectivity index (χ4v) is 1.46. The van der Waals surface area contributed by atoms with E-state index in [4.69, 9.17) is 15.6 Å². The lowest BCUT2D eigenvalue weighted by Crippen LogP contribution is -2.35. The lowest BCUT2D eigenvalue weighted by Gasteiger charge is -2.16. The minimum Gasteiger partial charge on any atom is -0.476 e. The number of hydrogen-bond acceptors (Lipinski definition) is 5. The number of hydrogen-bond donors (Lipinski definition) is 3. The van der Waals surface area contributed by atoms with Gasteiger partial charge in [0.05, 0.1) is 18.8 Å². The van der Waals surface area contributed by atoms with Gasteiger partial charge in [0.1, 0.15) is 5.82 Å². The third kappa shape index (κ3) is 4.16. The van der Waals surface area contributed by atoms with Crippen molar-refractivity contribution in [3.63, 3.8) is 0 Å². The molecule has 0 amide bonds. The molecule has 0 aliphatic heterocycles. The summed E-state index contributed by atoms with van der Waals surface area (Å²) in [6.45, 7) is -0.172. The highest BCUT2D eigenvalue weighted by Crippen LogP contribution is 2.30. The molecule has 0 radical (unpaired) electrons.